The molecule has 0 N–H and O–H groups in total. The minimum atomic E-state index is -1.58. The number of hydrogen-bond donors (Lipinski definition) is 0. The molecule has 0 spiro atoms. The number of rotatable bonds is 2. The van der Waals surface area contributed by atoms with Crippen LogP contribution in [0.25, 0.3) is 20.9 Å². The molecule has 6 nitrogen and oxygen atoms in total. The Bertz CT molecular complexity index is 111. The number of hydrogen-bond acceptors (Lipinski definition) is 2. The maximum atomic E-state index is 7.62. The molecule has 0 aromatic carbocycles. The van der Waals surface area contributed by atoms with Gasteiger partial charge in [0.05, 0.1) is 0 Å². The third kappa shape index (κ3) is 9.41. The van der Waals surface area contributed by atoms with Crippen molar-refractivity contribution < 1.29 is 17.1 Å². The zero-order valence-electron chi connectivity index (χ0n) is 3.48. The average Bonchev–Trinajstić information content (AvgIpc) is 1.69. The van der Waals surface area contributed by atoms with Crippen molar-refractivity contribution in [1.29, 1.82) is 0 Å². The summed E-state index contributed by atoms with van der Waals surface area (Å²) in [5.41, 5.74) is 15.2. The first kappa shape index (κ1) is 10.9. The van der Waals surface area contributed by atoms with E-state index in [2.05, 4.69) is 15.7 Å². The molecule has 3 radical (unpaired) electrons. The van der Waals surface area contributed by atoms with E-state index >= 15 is 0 Å². The van der Waals surface area contributed by atoms with Gasteiger partial charge >= 0.3 is 51.6 Å². The second-order valence-corrected chi connectivity index (χ2v) is 2.81. The molecule has 0 atom stereocenters. The second-order valence-electron chi connectivity index (χ2n) is 0.479. The van der Waals surface area contributed by atoms with Crippen molar-refractivity contribution in [3.05, 3.63) is 20.9 Å². The van der Waals surface area contributed by atoms with Crippen LogP contribution in [-0.4, -0.2) is 24.8 Å². The van der Waals surface area contributed by atoms with Gasteiger partial charge in [-0.05, 0) is 0 Å². The Morgan fingerprint density at radius 1 is 1.12 bits per heavy atom. The first-order chi connectivity index (χ1) is 3.41. The maximum absolute atomic E-state index is 7.62. The van der Waals surface area contributed by atoms with Crippen LogP contribution >= 0.6 is 0 Å². The van der Waals surface area contributed by atoms with E-state index in [0.717, 1.165) is 0 Å². The molecule has 0 aromatic heterocycles. The van der Waals surface area contributed by atoms with E-state index in [-0.39, 0.29) is 17.1 Å². The molecule has 0 unspecified atom stereocenters. The van der Waals surface area contributed by atoms with Crippen molar-refractivity contribution in [2.45, 2.75) is 0 Å². The van der Waals surface area contributed by atoms with E-state index in [1.165, 1.54) is 0 Å². The minimum absolute atomic E-state index is 0. The van der Waals surface area contributed by atoms with Crippen LogP contribution in [0.5, 0.6) is 0 Å². The molecule has 0 saturated heterocycles. The van der Waals surface area contributed by atoms with Crippen LogP contribution in [0.3, 0.4) is 0 Å². The van der Waals surface area contributed by atoms with E-state index in [1.807, 2.05) is 0 Å². The van der Waals surface area contributed by atoms with Crippen molar-refractivity contribution in [2.24, 2.45) is 5.85 Å². The van der Waals surface area contributed by atoms with Gasteiger partial charge in [-0.2, -0.15) is 0 Å². The summed E-state index contributed by atoms with van der Waals surface area (Å²) in [5.74, 6) is 0. The summed E-state index contributed by atoms with van der Waals surface area (Å²) in [7, 11) is 0. The summed E-state index contributed by atoms with van der Waals surface area (Å²) in [4.78, 5) is 4.84. The standard InChI is InChI=1S/Cu.2N3.Pb/c;2*1-3-2;/q;2*-1;+2. The predicted molar refractivity (Wildman–Crippen MR) is 24.0 cm³/mol. The Morgan fingerprint density at radius 3 is 1.75 bits per heavy atom. The van der Waals surface area contributed by atoms with Crippen LogP contribution in [0.2, 0.25) is 0 Å². The summed E-state index contributed by atoms with van der Waals surface area (Å²) in [6, 6.07) is 0. The van der Waals surface area contributed by atoms with Gasteiger partial charge < -0.3 is 0 Å². The fourth-order valence-electron chi connectivity index (χ4n) is 0.0600. The Labute approximate surface area is 68.4 Å². The Balaban J connectivity index is 0. The third-order valence-corrected chi connectivity index (χ3v) is 1.57. The van der Waals surface area contributed by atoms with Crippen LogP contribution in [0.15, 0.2) is 5.85 Å². The molecule has 0 fully saturated rings. The summed E-state index contributed by atoms with van der Waals surface area (Å²) >= 11 is -1.58. The fraction of sp³-hybridized carbons (Fsp3) is 0. The van der Waals surface area contributed by atoms with Crippen LogP contribution in [-0.2, 0) is 17.1 Å². The van der Waals surface area contributed by atoms with E-state index in [0.29, 0.717) is 0 Å². The SMILES string of the molecule is [Cu].[N-]=[N+]=[N][Pb][N]=[N+]=[N-]. The predicted octanol–water partition coefficient (Wildman–Crippen LogP) is 1.14. The molecule has 0 aliphatic carbocycles. The van der Waals surface area contributed by atoms with Gasteiger partial charge in [-0.25, -0.2) is 0 Å². The zero-order valence-corrected chi connectivity index (χ0v) is 8.31. The summed E-state index contributed by atoms with van der Waals surface area (Å²) in [6.07, 6.45) is 0. The molecular weight excluding hydrogens is 355 g/mol. The monoisotopic (exact) mass is 355 g/mol. The third-order valence-electron chi connectivity index (χ3n) is 0.179. The van der Waals surface area contributed by atoms with E-state index in [4.69, 9.17) is 11.1 Å². The number of azide groups is 1. The Hall–Kier alpha value is 0.0616. The summed E-state index contributed by atoms with van der Waals surface area (Å²) in [6.45, 7) is 0. The van der Waals surface area contributed by atoms with E-state index in [9.17, 15) is 0 Å². The van der Waals surface area contributed by atoms with Gasteiger partial charge in [-0.1, -0.05) is 0 Å². The quantitative estimate of drug-likeness (QED) is 0.307. The Kier molecular flexibility index (Phi) is 13.9. The van der Waals surface area contributed by atoms with Gasteiger partial charge in [0.25, 0.3) is 0 Å². The first-order valence-electron chi connectivity index (χ1n) is 1.25. The molecule has 8 heteroatoms. The molecule has 0 bridgehead atoms. The van der Waals surface area contributed by atoms with Crippen LogP contribution < -0.4 is 0 Å². The second kappa shape index (κ2) is 10.1. The summed E-state index contributed by atoms with van der Waals surface area (Å²) < 4.78 is 6.23. The first-order valence-corrected chi connectivity index (χ1v) is 4.72. The van der Waals surface area contributed by atoms with Gasteiger partial charge in [0, 0.05) is 17.1 Å². The molecule has 8 heavy (non-hydrogen) atoms. The van der Waals surface area contributed by atoms with Crippen molar-refractivity contribution in [2.75, 3.05) is 0 Å². The van der Waals surface area contributed by atoms with Crippen molar-refractivity contribution in [3.63, 3.8) is 0 Å². The van der Waals surface area contributed by atoms with Gasteiger partial charge in [0.15, 0.2) is 0 Å². The zero-order chi connectivity index (χ0) is 5.54. The van der Waals surface area contributed by atoms with Gasteiger partial charge in [0.2, 0.25) is 0 Å². The molecule has 0 aliphatic rings. The molecule has 0 aromatic rings. The molecular formula is CuN6Pb. The molecule has 0 rings (SSSR count). The summed E-state index contributed by atoms with van der Waals surface area (Å²) in [5, 5.41) is 0. The molecule has 45 valence electrons. The van der Waals surface area contributed by atoms with Crippen LogP contribution in [0, 0.1) is 0 Å². The average molecular weight is 355 g/mol. The van der Waals surface area contributed by atoms with Crippen LogP contribution in [0.1, 0.15) is 0 Å². The molecule has 0 heterocycles. The fourth-order valence-corrected chi connectivity index (χ4v) is 0.526. The number of nitrogens with zero attached hydrogens (tertiary/aromatic N) is 6. The van der Waals surface area contributed by atoms with Crippen molar-refractivity contribution in [1.82, 2.24) is 0 Å². The molecule has 0 saturated carbocycles. The van der Waals surface area contributed by atoms with Crippen molar-refractivity contribution in [3.8, 4) is 0 Å². The van der Waals surface area contributed by atoms with Gasteiger partial charge in [-0.3, -0.25) is 0 Å². The van der Waals surface area contributed by atoms with Gasteiger partial charge in [-0.15, -0.1) is 0 Å². The van der Waals surface area contributed by atoms with Crippen molar-refractivity contribution >= 4 is 24.8 Å². The topological polar surface area (TPSA) is 97.5 Å². The molecule has 0 amide bonds. The van der Waals surface area contributed by atoms with Gasteiger partial charge in [0.1, 0.15) is 0 Å². The van der Waals surface area contributed by atoms with Crippen LogP contribution in [0.4, 0.5) is 0 Å². The normalized spacial score (nSPS) is 5.00. The van der Waals surface area contributed by atoms with E-state index < -0.39 is 24.8 Å². The Morgan fingerprint density at radius 2 is 1.50 bits per heavy atom. The van der Waals surface area contributed by atoms with E-state index in [1.54, 1.807) is 0 Å². The molecule has 0 aliphatic heterocycles.